The summed E-state index contributed by atoms with van der Waals surface area (Å²) in [5.41, 5.74) is 9.57. The van der Waals surface area contributed by atoms with Crippen LogP contribution in [0.4, 0.5) is 0 Å². The number of phenolic OH excluding ortho intramolecular Hbond substituents is 3. The number of benzene rings is 6. The highest BCUT2D eigenvalue weighted by molar-refractivity contribution is 5.71. The molecule has 1 atom stereocenters. The van der Waals surface area contributed by atoms with Gasteiger partial charge in [0.15, 0.2) is 0 Å². The average Bonchev–Trinajstić information content (AvgIpc) is 3.01. The predicted octanol–water partition coefficient (Wildman–Crippen LogP) is 9.29. The molecule has 6 aromatic rings. The predicted molar refractivity (Wildman–Crippen MR) is 166 cm³/mol. The second-order valence-electron chi connectivity index (χ2n) is 10.4. The fraction of sp³-hybridized carbons (Fsp3) is 0.0526. The number of phenols is 3. The van der Waals surface area contributed by atoms with Gasteiger partial charge in [0.05, 0.1) is 0 Å². The van der Waals surface area contributed by atoms with Crippen LogP contribution in [0.25, 0.3) is 33.4 Å². The second-order valence-corrected chi connectivity index (χ2v) is 10.4. The number of aromatic hydroxyl groups is 3. The summed E-state index contributed by atoms with van der Waals surface area (Å²) in [6, 6.07) is 45.0. The molecule has 41 heavy (non-hydrogen) atoms. The van der Waals surface area contributed by atoms with Crippen LogP contribution in [0.2, 0.25) is 0 Å². The Balaban J connectivity index is 1.52. The molecule has 0 aliphatic heterocycles. The number of aryl methyl sites for hydroxylation is 1. The van der Waals surface area contributed by atoms with E-state index in [2.05, 4.69) is 67.6 Å². The van der Waals surface area contributed by atoms with Crippen molar-refractivity contribution in [3.63, 3.8) is 0 Å². The Labute approximate surface area is 240 Å². The van der Waals surface area contributed by atoms with Gasteiger partial charge in [-0.05, 0) is 82.3 Å². The molecule has 6 aromatic carbocycles. The van der Waals surface area contributed by atoms with Crippen LogP contribution in [0.3, 0.4) is 0 Å². The Morgan fingerprint density at radius 1 is 0.415 bits per heavy atom. The van der Waals surface area contributed by atoms with Crippen molar-refractivity contribution in [3.8, 4) is 50.6 Å². The third kappa shape index (κ3) is 5.43. The lowest BCUT2D eigenvalue weighted by Crippen LogP contribution is -2.05. The van der Waals surface area contributed by atoms with Gasteiger partial charge < -0.3 is 15.3 Å². The SMILES string of the molecule is Cc1ccc(-c2ccc(O)c(C(c3ccc(-c4ccccc4)cc3)c3cc(-c4ccc(O)cc4)ccc3O)c2)cc1. The first-order chi connectivity index (χ1) is 20.0. The summed E-state index contributed by atoms with van der Waals surface area (Å²) in [5, 5.41) is 32.3. The molecule has 0 aliphatic rings. The van der Waals surface area contributed by atoms with Gasteiger partial charge in [0, 0.05) is 17.0 Å². The summed E-state index contributed by atoms with van der Waals surface area (Å²) in [4.78, 5) is 0. The maximum atomic E-state index is 11.2. The Morgan fingerprint density at radius 2 is 0.829 bits per heavy atom. The fourth-order valence-corrected chi connectivity index (χ4v) is 5.36. The first-order valence-corrected chi connectivity index (χ1v) is 13.6. The molecule has 3 heteroatoms. The van der Waals surface area contributed by atoms with Gasteiger partial charge in [-0.25, -0.2) is 0 Å². The molecule has 6 rings (SSSR count). The number of hydrogen-bond donors (Lipinski definition) is 3. The van der Waals surface area contributed by atoms with Crippen molar-refractivity contribution in [2.24, 2.45) is 0 Å². The summed E-state index contributed by atoms with van der Waals surface area (Å²) in [5.74, 6) is 0.0569. The number of rotatable bonds is 6. The molecule has 200 valence electrons. The van der Waals surface area contributed by atoms with E-state index in [0.717, 1.165) is 38.9 Å². The quantitative estimate of drug-likeness (QED) is 0.187. The van der Waals surface area contributed by atoms with Crippen LogP contribution in [-0.2, 0) is 0 Å². The molecule has 3 N–H and O–H groups in total. The molecule has 0 heterocycles. The third-order valence-electron chi connectivity index (χ3n) is 7.61. The Bertz CT molecular complexity index is 1690. The van der Waals surface area contributed by atoms with Crippen LogP contribution in [0.5, 0.6) is 17.2 Å². The highest BCUT2D eigenvalue weighted by atomic mass is 16.3. The third-order valence-corrected chi connectivity index (χ3v) is 7.61. The van der Waals surface area contributed by atoms with E-state index in [1.54, 1.807) is 24.3 Å². The molecule has 0 aliphatic carbocycles. The van der Waals surface area contributed by atoms with E-state index >= 15 is 0 Å². The van der Waals surface area contributed by atoms with Crippen molar-refractivity contribution in [2.75, 3.05) is 0 Å². The van der Waals surface area contributed by atoms with Gasteiger partial charge in [0.2, 0.25) is 0 Å². The van der Waals surface area contributed by atoms with Crippen LogP contribution >= 0.6 is 0 Å². The van der Waals surface area contributed by atoms with E-state index in [1.807, 2.05) is 54.6 Å². The summed E-state index contributed by atoms with van der Waals surface area (Å²) >= 11 is 0. The summed E-state index contributed by atoms with van der Waals surface area (Å²) in [6.45, 7) is 2.06. The van der Waals surface area contributed by atoms with Gasteiger partial charge in [0.1, 0.15) is 17.2 Å². The topological polar surface area (TPSA) is 60.7 Å². The monoisotopic (exact) mass is 534 g/mol. The van der Waals surface area contributed by atoms with Crippen LogP contribution in [0, 0.1) is 6.92 Å². The minimum absolute atomic E-state index is 0.143. The number of hydrogen-bond acceptors (Lipinski definition) is 3. The standard InChI is InChI=1S/C38H30O3/c1-25-7-9-28(10-8-25)31-17-21-36(40)34(23-31)38(30-13-11-27(12-14-30)26-5-3-2-4-6-26)35-24-32(18-22-37(35)41)29-15-19-33(39)20-16-29/h2-24,38-41H,1H3. The minimum atomic E-state index is -0.442. The molecule has 0 saturated carbocycles. The van der Waals surface area contributed by atoms with Gasteiger partial charge in [0.25, 0.3) is 0 Å². The Kier molecular flexibility index (Phi) is 7.01. The van der Waals surface area contributed by atoms with Crippen LogP contribution in [-0.4, -0.2) is 15.3 Å². The van der Waals surface area contributed by atoms with Crippen molar-refractivity contribution in [2.45, 2.75) is 12.8 Å². The van der Waals surface area contributed by atoms with Gasteiger partial charge in [-0.3, -0.25) is 0 Å². The normalized spacial score (nSPS) is 11.7. The van der Waals surface area contributed by atoms with E-state index in [0.29, 0.717) is 11.1 Å². The van der Waals surface area contributed by atoms with E-state index in [1.165, 1.54) is 5.56 Å². The molecule has 3 nitrogen and oxygen atoms in total. The molecule has 0 spiro atoms. The summed E-state index contributed by atoms with van der Waals surface area (Å²) in [7, 11) is 0. The molecule has 0 radical (unpaired) electrons. The molecular weight excluding hydrogens is 504 g/mol. The fourth-order valence-electron chi connectivity index (χ4n) is 5.36. The molecule has 0 bridgehead atoms. The zero-order valence-corrected chi connectivity index (χ0v) is 22.7. The zero-order valence-electron chi connectivity index (χ0n) is 22.7. The average molecular weight is 535 g/mol. The van der Waals surface area contributed by atoms with Gasteiger partial charge in [-0.15, -0.1) is 0 Å². The molecule has 0 saturated heterocycles. The molecular formula is C38H30O3. The summed E-state index contributed by atoms with van der Waals surface area (Å²) in [6.07, 6.45) is 0. The summed E-state index contributed by atoms with van der Waals surface area (Å²) < 4.78 is 0. The first-order valence-electron chi connectivity index (χ1n) is 13.6. The van der Waals surface area contributed by atoms with Crippen LogP contribution < -0.4 is 0 Å². The van der Waals surface area contributed by atoms with E-state index in [4.69, 9.17) is 0 Å². The zero-order chi connectivity index (χ0) is 28.3. The lowest BCUT2D eigenvalue weighted by molar-refractivity contribution is 0.459. The lowest BCUT2D eigenvalue weighted by Gasteiger charge is -2.23. The van der Waals surface area contributed by atoms with Gasteiger partial charge >= 0.3 is 0 Å². The largest absolute Gasteiger partial charge is 0.508 e. The highest BCUT2D eigenvalue weighted by Gasteiger charge is 2.24. The lowest BCUT2D eigenvalue weighted by atomic mass is 9.81. The van der Waals surface area contributed by atoms with Crippen LogP contribution in [0.15, 0.2) is 140 Å². The maximum Gasteiger partial charge on any atom is 0.119 e. The van der Waals surface area contributed by atoms with Gasteiger partial charge in [-0.1, -0.05) is 109 Å². The van der Waals surface area contributed by atoms with E-state index in [9.17, 15) is 15.3 Å². The van der Waals surface area contributed by atoms with Crippen molar-refractivity contribution in [1.82, 2.24) is 0 Å². The molecule has 0 aromatic heterocycles. The molecule has 0 amide bonds. The van der Waals surface area contributed by atoms with Crippen molar-refractivity contribution in [3.05, 3.63) is 162 Å². The highest BCUT2D eigenvalue weighted by Crippen LogP contribution is 2.43. The second kappa shape index (κ2) is 11.1. The Hall–Kier alpha value is -5.28. The van der Waals surface area contributed by atoms with Crippen molar-refractivity contribution in [1.29, 1.82) is 0 Å². The smallest absolute Gasteiger partial charge is 0.119 e. The molecule has 1 unspecified atom stereocenters. The van der Waals surface area contributed by atoms with E-state index in [-0.39, 0.29) is 17.2 Å². The van der Waals surface area contributed by atoms with Crippen molar-refractivity contribution < 1.29 is 15.3 Å². The van der Waals surface area contributed by atoms with Gasteiger partial charge in [-0.2, -0.15) is 0 Å². The van der Waals surface area contributed by atoms with E-state index < -0.39 is 5.92 Å². The van der Waals surface area contributed by atoms with Crippen molar-refractivity contribution >= 4 is 0 Å². The maximum absolute atomic E-state index is 11.2. The first kappa shape index (κ1) is 26.0. The minimum Gasteiger partial charge on any atom is -0.508 e. The van der Waals surface area contributed by atoms with Crippen LogP contribution in [0.1, 0.15) is 28.2 Å². The Morgan fingerprint density at radius 3 is 1.37 bits per heavy atom. The molecule has 0 fully saturated rings.